The van der Waals surface area contributed by atoms with Crippen LogP contribution in [0.25, 0.3) is 86.6 Å². The minimum absolute atomic E-state index is 0.817. The summed E-state index contributed by atoms with van der Waals surface area (Å²) in [4.78, 5) is 2.34. The van der Waals surface area contributed by atoms with Crippen LogP contribution >= 0.6 is 11.3 Å². The van der Waals surface area contributed by atoms with Gasteiger partial charge in [0.1, 0.15) is 11.5 Å². The average Bonchev–Trinajstić information content (AvgIpc) is 3.66. The van der Waals surface area contributed by atoms with Crippen LogP contribution < -0.4 is 9.64 Å². The third-order valence-electron chi connectivity index (χ3n) is 12.1. The molecule has 286 valence electrons. The molecule has 0 atom stereocenters. The molecule has 0 saturated heterocycles. The second-order valence-corrected chi connectivity index (χ2v) is 16.7. The maximum atomic E-state index is 7.10. The molecule has 0 fully saturated rings. The van der Waals surface area contributed by atoms with E-state index in [2.05, 4.69) is 229 Å². The number of rotatable bonds is 6. The SMILES string of the molecule is c1ccc(-c2ccc(N(c3ccc(-c4cccc5c4sc4ccccc45)cc3)c3ccc4c(c3)Oc3cc5ccccc5cc3-c3ccc(-c5ccccc5)cc3-4)cc2)cc1. The van der Waals surface area contributed by atoms with Crippen molar-refractivity contribution in [3.63, 3.8) is 0 Å². The zero-order chi connectivity index (χ0) is 40.3. The third kappa shape index (κ3) is 6.18. The van der Waals surface area contributed by atoms with Gasteiger partial charge < -0.3 is 9.64 Å². The predicted octanol–water partition coefficient (Wildman–Crippen LogP) is 17.1. The van der Waals surface area contributed by atoms with E-state index in [9.17, 15) is 0 Å². The number of anilines is 3. The lowest BCUT2D eigenvalue weighted by Crippen LogP contribution is -2.10. The Bertz CT molecular complexity index is 3420. The summed E-state index contributed by atoms with van der Waals surface area (Å²) in [6.07, 6.45) is 0. The van der Waals surface area contributed by atoms with Crippen LogP contribution in [-0.4, -0.2) is 0 Å². The van der Waals surface area contributed by atoms with Crippen molar-refractivity contribution in [1.29, 1.82) is 0 Å². The molecule has 12 rings (SSSR count). The topological polar surface area (TPSA) is 12.5 Å². The molecule has 61 heavy (non-hydrogen) atoms. The molecule has 0 radical (unpaired) electrons. The number of fused-ring (bicyclic) bond motifs is 9. The number of nitrogens with zero attached hydrogens (tertiary/aromatic N) is 1. The van der Waals surface area contributed by atoms with Gasteiger partial charge in [-0.15, -0.1) is 11.3 Å². The molecular weight excluding hydrogens is 759 g/mol. The summed E-state index contributed by atoms with van der Waals surface area (Å²) in [5, 5.41) is 4.95. The third-order valence-corrected chi connectivity index (χ3v) is 13.3. The van der Waals surface area contributed by atoms with Crippen molar-refractivity contribution in [2.45, 2.75) is 0 Å². The smallest absolute Gasteiger partial charge is 0.137 e. The van der Waals surface area contributed by atoms with Gasteiger partial charge in [0.2, 0.25) is 0 Å². The van der Waals surface area contributed by atoms with Crippen molar-refractivity contribution in [2.24, 2.45) is 0 Å². The normalized spacial score (nSPS) is 11.7. The Morgan fingerprint density at radius 2 is 0.869 bits per heavy atom. The van der Waals surface area contributed by atoms with E-state index in [-0.39, 0.29) is 0 Å². The molecule has 0 spiro atoms. The second kappa shape index (κ2) is 14.5. The first-order valence-electron chi connectivity index (χ1n) is 20.7. The van der Waals surface area contributed by atoms with Crippen LogP contribution in [0, 0.1) is 0 Å². The molecule has 0 aliphatic carbocycles. The van der Waals surface area contributed by atoms with Crippen molar-refractivity contribution in [1.82, 2.24) is 0 Å². The highest BCUT2D eigenvalue weighted by atomic mass is 32.1. The lowest BCUT2D eigenvalue weighted by molar-refractivity contribution is 0.488. The Kier molecular flexibility index (Phi) is 8.39. The van der Waals surface area contributed by atoms with E-state index in [0.717, 1.165) is 56.2 Å². The van der Waals surface area contributed by atoms with Gasteiger partial charge in [-0.2, -0.15) is 0 Å². The monoisotopic (exact) mass is 795 g/mol. The van der Waals surface area contributed by atoms with Gasteiger partial charge in [0, 0.05) is 54.4 Å². The largest absolute Gasteiger partial charge is 0.456 e. The molecule has 1 aliphatic heterocycles. The number of benzene rings is 10. The molecule has 3 heteroatoms. The highest BCUT2D eigenvalue weighted by Gasteiger charge is 2.24. The summed E-state index contributed by atoms with van der Waals surface area (Å²) in [5.74, 6) is 1.67. The van der Waals surface area contributed by atoms with Gasteiger partial charge in [-0.05, 0) is 116 Å². The lowest BCUT2D eigenvalue weighted by Gasteiger charge is -2.27. The highest BCUT2D eigenvalue weighted by molar-refractivity contribution is 7.26. The Labute approximate surface area is 358 Å². The fourth-order valence-corrected chi connectivity index (χ4v) is 10.3. The van der Waals surface area contributed by atoms with E-state index in [0.29, 0.717) is 0 Å². The number of hydrogen-bond donors (Lipinski definition) is 0. The molecule has 0 unspecified atom stereocenters. The van der Waals surface area contributed by atoms with Crippen LogP contribution in [0.3, 0.4) is 0 Å². The van der Waals surface area contributed by atoms with Crippen molar-refractivity contribution in [3.05, 3.63) is 224 Å². The second-order valence-electron chi connectivity index (χ2n) is 15.7. The first kappa shape index (κ1) is 35.2. The molecule has 0 amide bonds. The van der Waals surface area contributed by atoms with Gasteiger partial charge >= 0.3 is 0 Å². The van der Waals surface area contributed by atoms with E-state index in [1.165, 1.54) is 58.9 Å². The van der Waals surface area contributed by atoms with Crippen molar-refractivity contribution in [2.75, 3.05) is 4.90 Å². The van der Waals surface area contributed by atoms with Gasteiger partial charge in [0.15, 0.2) is 0 Å². The van der Waals surface area contributed by atoms with Gasteiger partial charge in [0.25, 0.3) is 0 Å². The summed E-state index contributed by atoms with van der Waals surface area (Å²) in [7, 11) is 0. The van der Waals surface area contributed by atoms with Crippen molar-refractivity contribution < 1.29 is 4.74 Å². The molecule has 0 saturated carbocycles. The van der Waals surface area contributed by atoms with Crippen LogP contribution in [0.5, 0.6) is 11.5 Å². The van der Waals surface area contributed by atoms with E-state index < -0.39 is 0 Å². The zero-order valence-electron chi connectivity index (χ0n) is 33.1. The molecule has 10 aromatic carbocycles. The van der Waals surface area contributed by atoms with E-state index in [1.54, 1.807) is 0 Å². The zero-order valence-corrected chi connectivity index (χ0v) is 33.9. The molecule has 0 N–H and O–H groups in total. The molecule has 11 aromatic rings. The first-order chi connectivity index (χ1) is 30.2. The molecule has 1 aliphatic rings. The molecule has 0 bridgehead atoms. The first-order valence-corrected chi connectivity index (χ1v) is 21.5. The van der Waals surface area contributed by atoms with Gasteiger partial charge in [-0.1, -0.05) is 158 Å². The predicted molar refractivity (Wildman–Crippen MR) is 259 cm³/mol. The van der Waals surface area contributed by atoms with Gasteiger partial charge in [-0.3, -0.25) is 0 Å². The molecule has 2 heterocycles. The Morgan fingerprint density at radius 3 is 1.62 bits per heavy atom. The van der Waals surface area contributed by atoms with Crippen molar-refractivity contribution in [3.8, 4) is 67.1 Å². The van der Waals surface area contributed by atoms with E-state index in [4.69, 9.17) is 4.74 Å². The number of ether oxygens (including phenoxy) is 1. The summed E-state index contributed by atoms with van der Waals surface area (Å²) in [6.45, 7) is 0. The van der Waals surface area contributed by atoms with Gasteiger partial charge in [-0.25, -0.2) is 0 Å². The average molecular weight is 796 g/mol. The molecule has 2 nitrogen and oxygen atoms in total. The van der Waals surface area contributed by atoms with Crippen LogP contribution in [-0.2, 0) is 0 Å². The Morgan fingerprint density at radius 1 is 0.311 bits per heavy atom. The fourth-order valence-electron chi connectivity index (χ4n) is 9.05. The minimum atomic E-state index is 0.817. The van der Waals surface area contributed by atoms with Crippen LogP contribution in [0.2, 0.25) is 0 Å². The van der Waals surface area contributed by atoms with Crippen LogP contribution in [0.1, 0.15) is 0 Å². The van der Waals surface area contributed by atoms with Crippen LogP contribution in [0.15, 0.2) is 224 Å². The van der Waals surface area contributed by atoms with Crippen LogP contribution in [0.4, 0.5) is 17.1 Å². The summed E-state index contributed by atoms with van der Waals surface area (Å²) >= 11 is 1.87. The summed E-state index contributed by atoms with van der Waals surface area (Å²) < 4.78 is 9.72. The van der Waals surface area contributed by atoms with Crippen molar-refractivity contribution >= 4 is 59.3 Å². The van der Waals surface area contributed by atoms with E-state index >= 15 is 0 Å². The highest BCUT2D eigenvalue weighted by Crippen LogP contribution is 2.51. The Hall–Kier alpha value is -7.72. The quantitative estimate of drug-likeness (QED) is 0.166. The molecule has 1 aromatic heterocycles. The van der Waals surface area contributed by atoms with Gasteiger partial charge in [0.05, 0.1) is 0 Å². The lowest BCUT2D eigenvalue weighted by atomic mass is 9.90. The van der Waals surface area contributed by atoms with E-state index in [1.807, 2.05) is 11.3 Å². The standard InChI is InChI=1S/C58H37NOS/c1-3-12-38(13-4-1)40-22-27-45(28-23-40)59(46-29-24-41(25-30-46)48-19-11-20-52-51-18-9-10-21-57(51)61-58(48)52)47-31-33-50-53-34-44(39-14-5-2-6-15-39)26-32-49(53)54-35-42-16-7-8-17-43(42)36-55(54)60-56(50)37-47/h1-37H. The maximum Gasteiger partial charge on any atom is 0.137 e. The fraction of sp³-hybridized carbons (Fsp3) is 0. The number of thiophene rings is 1. The summed E-state index contributed by atoms with van der Waals surface area (Å²) in [6, 6.07) is 81.0. The minimum Gasteiger partial charge on any atom is -0.456 e. The number of hydrogen-bond acceptors (Lipinski definition) is 3. The summed E-state index contributed by atoms with van der Waals surface area (Å²) in [5.41, 5.74) is 14.8. The Balaban J connectivity index is 1.01. The molecular formula is C58H37NOS. The maximum absolute atomic E-state index is 7.10.